The highest BCUT2D eigenvalue weighted by atomic mass is 32.2. The number of aliphatic imine (C=N–C) groups is 1. The fourth-order valence-corrected chi connectivity index (χ4v) is 1.99. The molecular formula is C11H11FN2O2S. The summed E-state index contributed by atoms with van der Waals surface area (Å²) in [6, 6.07) is 5.52. The van der Waals surface area contributed by atoms with Crippen LogP contribution in [0.15, 0.2) is 29.3 Å². The summed E-state index contributed by atoms with van der Waals surface area (Å²) in [4.78, 5) is 15.5. The average molecular weight is 254 g/mol. The minimum Gasteiger partial charge on any atom is -0.484 e. The molecule has 0 saturated carbocycles. The van der Waals surface area contributed by atoms with Gasteiger partial charge in [0.05, 0.1) is 6.54 Å². The number of carbonyl (C=O) groups excluding carboxylic acids is 1. The van der Waals surface area contributed by atoms with Crippen molar-refractivity contribution in [2.75, 3.05) is 18.9 Å². The van der Waals surface area contributed by atoms with Gasteiger partial charge in [0, 0.05) is 5.75 Å². The van der Waals surface area contributed by atoms with Crippen molar-refractivity contribution in [2.24, 2.45) is 4.99 Å². The third kappa shape index (κ3) is 3.74. The summed E-state index contributed by atoms with van der Waals surface area (Å²) in [5.74, 6) is 0.762. The minimum atomic E-state index is -0.335. The van der Waals surface area contributed by atoms with E-state index >= 15 is 0 Å². The molecule has 0 atom stereocenters. The number of amides is 1. The molecule has 0 unspecified atom stereocenters. The zero-order valence-corrected chi connectivity index (χ0v) is 9.80. The van der Waals surface area contributed by atoms with Crippen LogP contribution in [-0.2, 0) is 4.79 Å². The van der Waals surface area contributed by atoms with E-state index in [1.165, 1.54) is 36.0 Å². The van der Waals surface area contributed by atoms with E-state index < -0.39 is 0 Å². The Hall–Kier alpha value is -1.56. The van der Waals surface area contributed by atoms with Crippen LogP contribution in [-0.4, -0.2) is 30.0 Å². The van der Waals surface area contributed by atoms with Crippen molar-refractivity contribution in [3.63, 3.8) is 0 Å². The number of nitrogens with one attached hydrogen (secondary N) is 1. The SMILES string of the molecule is O=C(COc1ccc(F)cc1)NC1=NCCS1. The van der Waals surface area contributed by atoms with E-state index in [-0.39, 0.29) is 18.3 Å². The summed E-state index contributed by atoms with van der Waals surface area (Å²) >= 11 is 1.51. The Balaban J connectivity index is 1.77. The van der Waals surface area contributed by atoms with Gasteiger partial charge in [-0.2, -0.15) is 0 Å². The molecule has 17 heavy (non-hydrogen) atoms. The first-order valence-corrected chi connectivity index (χ1v) is 6.08. The van der Waals surface area contributed by atoms with E-state index in [1.54, 1.807) is 0 Å². The lowest BCUT2D eigenvalue weighted by Crippen LogP contribution is -2.31. The van der Waals surface area contributed by atoms with Crippen molar-refractivity contribution in [3.05, 3.63) is 30.1 Å². The lowest BCUT2D eigenvalue weighted by atomic mass is 10.3. The van der Waals surface area contributed by atoms with E-state index in [0.29, 0.717) is 10.9 Å². The van der Waals surface area contributed by atoms with E-state index in [9.17, 15) is 9.18 Å². The molecule has 1 aromatic carbocycles. The lowest BCUT2D eigenvalue weighted by molar-refractivity contribution is -0.121. The smallest absolute Gasteiger partial charge is 0.263 e. The maximum Gasteiger partial charge on any atom is 0.263 e. The Morgan fingerprint density at radius 2 is 2.24 bits per heavy atom. The van der Waals surface area contributed by atoms with Gasteiger partial charge in [0.1, 0.15) is 11.6 Å². The highest BCUT2D eigenvalue weighted by Gasteiger charge is 2.11. The van der Waals surface area contributed by atoms with Crippen LogP contribution in [0.2, 0.25) is 0 Å². The highest BCUT2D eigenvalue weighted by Crippen LogP contribution is 2.11. The van der Waals surface area contributed by atoms with E-state index in [0.717, 1.165) is 12.3 Å². The van der Waals surface area contributed by atoms with Crippen molar-refractivity contribution in [3.8, 4) is 5.75 Å². The van der Waals surface area contributed by atoms with Crippen molar-refractivity contribution >= 4 is 22.8 Å². The monoisotopic (exact) mass is 254 g/mol. The van der Waals surface area contributed by atoms with Crippen LogP contribution in [0.4, 0.5) is 4.39 Å². The molecule has 0 aromatic heterocycles. The molecule has 1 heterocycles. The molecule has 0 saturated heterocycles. The molecule has 6 heteroatoms. The molecule has 0 bridgehead atoms. The largest absolute Gasteiger partial charge is 0.484 e. The molecule has 1 N–H and O–H groups in total. The van der Waals surface area contributed by atoms with Gasteiger partial charge in [0.15, 0.2) is 11.8 Å². The molecule has 0 spiro atoms. The third-order valence-corrected chi connectivity index (χ3v) is 2.91. The molecule has 0 fully saturated rings. The summed E-state index contributed by atoms with van der Waals surface area (Å²) in [5, 5.41) is 3.27. The normalized spacial score (nSPS) is 14.3. The lowest BCUT2D eigenvalue weighted by Gasteiger charge is -2.06. The van der Waals surface area contributed by atoms with Gasteiger partial charge < -0.3 is 10.1 Å². The number of carbonyl (C=O) groups is 1. The molecule has 0 aliphatic carbocycles. The van der Waals surface area contributed by atoms with Gasteiger partial charge in [-0.25, -0.2) is 4.39 Å². The van der Waals surface area contributed by atoms with Crippen LogP contribution in [0.25, 0.3) is 0 Å². The maximum atomic E-state index is 12.6. The summed E-state index contributed by atoms with van der Waals surface area (Å²) in [6.07, 6.45) is 0. The van der Waals surface area contributed by atoms with Crippen molar-refractivity contribution in [1.29, 1.82) is 0 Å². The molecule has 4 nitrogen and oxygen atoms in total. The minimum absolute atomic E-state index is 0.106. The predicted octanol–water partition coefficient (Wildman–Crippen LogP) is 1.42. The molecule has 90 valence electrons. The van der Waals surface area contributed by atoms with Crippen molar-refractivity contribution in [1.82, 2.24) is 5.32 Å². The quantitative estimate of drug-likeness (QED) is 0.887. The van der Waals surface area contributed by atoms with Crippen LogP contribution in [0.3, 0.4) is 0 Å². The van der Waals surface area contributed by atoms with Crippen LogP contribution in [0.1, 0.15) is 0 Å². The second-order valence-corrected chi connectivity index (χ2v) is 4.41. The van der Waals surface area contributed by atoms with Gasteiger partial charge in [0.2, 0.25) is 0 Å². The van der Waals surface area contributed by atoms with Gasteiger partial charge in [-0.1, -0.05) is 11.8 Å². The molecule has 1 amide bonds. The van der Waals surface area contributed by atoms with Crippen molar-refractivity contribution < 1.29 is 13.9 Å². The second kappa shape index (κ2) is 5.67. The van der Waals surface area contributed by atoms with Crippen LogP contribution < -0.4 is 10.1 Å². The summed E-state index contributed by atoms with van der Waals surface area (Å²) in [6.45, 7) is 0.629. The molecule has 1 aliphatic rings. The van der Waals surface area contributed by atoms with Crippen LogP contribution in [0, 0.1) is 5.82 Å². The molecule has 0 radical (unpaired) electrons. The third-order valence-electron chi connectivity index (χ3n) is 2.02. The summed E-state index contributed by atoms with van der Waals surface area (Å²) in [5.41, 5.74) is 0. The zero-order chi connectivity index (χ0) is 12.1. The molecule has 1 aliphatic heterocycles. The first kappa shape index (κ1) is 11.9. The highest BCUT2D eigenvalue weighted by molar-refractivity contribution is 8.14. The first-order chi connectivity index (χ1) is 8.24. The van der Waals surface area contributed by atoms with Gasteiger partial charge >= 0.3 is 0 Å². The predicted molar refractivity (Wildman–Crippen MR) is 64.8 cm³/mol. The zero-order valence-electron chi connectivity index (χ0n) is 8.98. The number of hydrogen-bond donors (Lipinski definition) is 1. The van der Waals surface area contributed by atoms with Gasteiger partial charge in [-0.05, 0) is 24.3 Å². The Kier molecular flexibility index (Phi) is 3.98. The Bertz CT molecular complexity index is 434. The average Bonchev–Trinajstić information content (AvgIpc) is 2.81. The van der Waals surface area contributed by atoms with Crippen molar-refractivity contribution in [2.45, 2.75) is 0 Å². The Morgan fingerprint density at radius 3 is 2.88 bits per heavy atom. The number of amidine groups is 1. The summed E-state index contributed by atoms with van der Waals surface area (Å²) < 4.78 is 17.8. The van der Waals surface area contributed by atoms with Gasteiger partial charge in [-0.3, -0.25) is 9.79 Å². The van der Waals surface area contributed by atoms with Gasteiger partial charge in [-0.15, -0.1) is 0 Å². The Morgan fingerprint density at radius 1 is 1.47 bits per heavy atom. The van der Waals surface area contributed by atoms with E-state index in [2.05, 4.69) is 10.3 Å². The molecule has 1 aromatic rings. The topological polar surface area (TPSA) is 50.7 Å². The number of rotatable bonds is 3. The van der Waals surface area contributed by atoms with Crippen LogP contribution >= 0.6 is 11.8 Å². The van der Waals surface area contributed by atoms with E-state index in [1.807, 2.05) is 0 Å². The number of ether oxygens (including phenoxy) is 1. The van der Waals surface area contributed by atoms with E-state index in [4.69, 9.17) is 4.74 Å². The number of thioether (sulfide) groups is 1. The van der Waals surface area contributed by atoms with Gasteiger partial charge in [0.25, 0.3) is 5.91 Å². The summed E-state index contributed by atoms with van der Waals surface area (Å²) in [7, 11) is 0. The number of benzene rings is 1. The van der Waals surface area contributed by atoms with Crippen LogP contribution in [0.5, 0.6) is 5.75 Å². The Labute approximate surface area is 102 Å². The fraction of sp³-hybridized carbons (Fsp3) is 0.273. The number of nitrogens with zero attached hydrogens (tertiary/aromatic N) is 1. The first-order valence-electron chi connectivity index (χ1n) is 5.09. The molecule has 2 rings (SSSR count). The molecular weight excluding hydrogens is 243 g/mol. The number of hydrogen-bond acceptors (Lipinski definition) is 4. The standard InChI is InChI=1S/C11H11FN2O2S/c12-8-1-3-9(4-2-8)16-7-10(15)14-11-13-5-6-17-11/h1-4H,5-7H2,(H,13,14,15). The number of halogens is 1. The fourth-order valence-electron chi connectivity index (χ4n) is 1.25. The maximum absolute atomic E-state index is 12.6. The second-order valence-electron chi connectivity index (χ2n) is 3.33.